The van der Waals surface area contributed by atoms with Crippen LogP contribution in [0.4, 0.5) is 0 Å². The summed E-state index contributed by atoms with van der Waals surface area (Å²) in [4.78, 5) is 130. The van der Waals surface area contributed by atoms with Crippen molar-refractivity contribution in [1.82, 2.24) is 73.1 Å². The molecule has 0 spiro atoms. The summed E-state index contributed by atoms with van der Waals surface area (Å²) in [6, 6.07) is 19.2. The van der Waals surface area contributed by atoms with Crippen LogP contribution in [-0.4, -0.2) is 160 Å². The van der Waals surface area contributed by atoms with Crippen molar-refractivity contribution in [2.75, 3.05) is 26.2 Å². The van der Waals surface area contributed by atoms with E-state index >= 15 is 14.4 Å². The Bertz CT molecular complexity index is 4140. The molecule has 99 heavy (non-hydrogen) atoms. The molecule has 0 aliphatic rings. The lowest BCUT2D eigenvalue weighted by Crippen LogP contribution is -2.61. The maximum atomic E-state index is 15.5. The Morgan fingerprint density at radius 1 is 0.343 bits per heavy atom. The van der Waals surface area contributed by atoms with E-state index in [1.54, 1.807) is 24.8 Å². The van der Waals surface area contributed by atoms with E-state index in [0.29, 0.717) is 29.5 Å². The molecule has 0 aliphatic carbocycles. The fourth-order valence-electron chi connectivity index (χ4n) is 11.9. The molecule has 8 atom stereocenters. The second kappa shape index (κ2) is 36.0. The highest BCUT2D eigenvalue weighted by atomic mass is 16.2. The van der Waals surface area contributed by atoms with Crippen molar-refractivity contribution < 1.29 is 38.4 Å². The van der Waals surface area contributed by atoms with Crippen molar-refractivity contribution in [2.45, 2.75) is 132 Å². The number of fused-ring (bicyclic) bond motifs is 4. The van der Waals surface area contributed by atoms with Crippen LogP contribution in [0.15, 0.2) is 122 Å². The number of guanidine groups is 3. The number of nitrogens with one attached hydrogen (secondary N) is 17. The lowest BCUT2D eigenvalue weighted by molar-refractivity contribution is -0.136. The minimum Gasteiger partial charge on any atom is -0.370 e. The molecule has 0 radical (unpaired) electrons. The number of para-hydroxylation sites is 4. The van der Waals surface area contributed by atoms with E-state index in [4.69, 9.17) is 50.6 Å². The number of carbonyl (C=O) groups is 8. The molecule has 526 valence electrons. The van der Waals surface area contributed by atoms with Crippen LogP contribution in [0.5, 0.6) is 0 Å². The summed E-state index contributed by atoms with van der Waals surface area (Å²) in [5.41, 5.74) is 40.7. The summed E-state index contributed by atoms with van der Waals surface area (Å²) in [5, 5.41) is 53.6. The van der Waals surface area contributed by atoms with Crippen molar-refractivity contribution in [3.8, 4) is 0 Å². The van der Waals surface area contributed by atoms with Crippen LogP contribution in [0.1, 0.15) is 80.0 Å². The van der Waals surface area contributed by atoms with Crippen LogP contribution in [0.25, 0.3) is 43.6 Å². The van der Waals surface area contributed by atoms with Crippen molar-refractivity contribution in [1.29, 1.82) is 16.2 Å². The topological polar surface area (TPSA) is 548 Å². The number of primary amides is 1. The van der Waals surface area contributed by atoms with E-state index in [9.17, 15) is 24.0 Å². The lowest BCUT2D eigenvalue weighted by atomic mass is 9.99. The van der Waals surface area contributed by atoms with Gasteiger partial charge >= 0.3 is 0 Å². The van der Waals surface area contributed by atoms with Gasteiger partial charge in [-0.2, -0.15) is 0 Å². The van der Waals surface area contributed by atoms with Gasteiger partial charge < -0.3 is 108 Å². The Kier molecular flexibility index (Phi) is 26.7. The van der Waals surface area contributed by atoms with Gasteiger partial charge in [-0.15, -0.1) is 0 Å². The third-order valence-electron chi connectivity index (χ3n) is 17.1. The Morgan fingerprint density at radius 3 is 0.919 bits per heavy atom. The van der Waals surface area contributed by atoms with E-state index in [0.717, 1.165) is 49.2 Å². The van der Waals surface area contributed by atoms with E-state index < -0.39 is 95.6 Å². The van der Waals surface area contributed by atoms with Crippen LogP contribution >= 0.6 is 0 Å². The van der Waals surface area contributed by atoms with Gasteiger partial charge in [0, 0.05) is 107 Å². The average molecular weight is 1360 g/mol. The third kappa shape index (κ3) is 21.3. The van der Waals surface area contributed by atoms with Crippen molar-refractivity contribution in [3.05, 3.63) is 144 Å². The molecule has 0 unspecified atom stereocenters. The monoisotopic (exact) mass is 1360 g/mol. The third-order valence-corrected chi connectivity index (χ3v) is 17.1. The number of aromatic nitrogens is 4. The summed E-state index contributed by atoms with van der Waals surface area (Å²) in [6.45, 7) is 0.612. The number of carbonyl (C=O) groups excluding carboxylic acids is 8. The van der Waals surface area contributed by atoms with Crippen LogP contribution < -0.4 is 87.6 Å². The summed E-state index contributed by atoms with van der Waals surface area (Å²) in [6.07, 6.45) is 7.99. The number of unbranched alkanes of at least 4 members (excludes halogenated alkanes) is 1. The zero-order valence-corrected chi connectivity index (χ0v) is 54.9. The number of aromatic amines is 4. The van der Waals surface area contributed by atoms with Gasteiger partial charge in [0.05, 0.1) is 6.04 Å². The van der Waals surface area contributed by atoms with Crippen LogP contribution in [0, 0.1) is 16.2 Å². The molecular weight excluding hydrogens is 1270 g/mol. The summed E-state index contributed by atoms with van der Waals surface area (Å²) >= 11 is 0. The molecular formula is C68H91N23O8. The SMILES string of the molecule is N=C(N)NCCC[C@H](NC(=O)[C@H](CCCNC(=N)N)NC(=O)[C@H](CCCNC(=N)N)NC(=O)[C@H](CCCCN)NC(=O)[C@H](Cc1c[nH]c2ccccc12)NC(=O)[C@H](Cc1c[nH]c2ccccc12)NC(=O)[C@H](Cc1c[nH]c2ccccc12)NC(=O)[C@@H](N)Cc1c[nH]c2ccccc12)C(N)=O. The van der Waals surface area contributed by atoms with Gasteiger partial charge in [-0.3, -0.25) is 54.6 Å². The smallest absolute Gasteiger partial charge is 0.243 e. The molecule has 4 aromatic carbocycles. The summed E-state index contributed by atoms with van der Waals surface area (Å²) < 4.78 is 0. The predicted octanol–water partition coefficient (Wildman–Crippen LogP) is 0.00741. The number of nitrogens with two attached hydrogens (primary N) is 6. The minimum atomic E-state index is -1.46. The van der Waals surface area contributed by atoms with E-state index in [1.807, 2.05) is 97.1 Å². The van der Waals surface area contributed by atoms with Gasteiger partial charge in [0.1, 0.15) is 42.3 Å². The van der Waals surface area contributed by atoms with Crippen LogP contribution in [0.3, 0.4) is 0 Å². The predicted molar refractivity (Wildman–Crippen MR) is 379 cm³/mol. The van der Waals surface area contributed by atoms with E-state index in [1.165, 1.54) is 0 Å². The van der Waals surface area contributed by atoms with Gasteiger partial charge in [-0.25, -0.2) is 0 Å². The normalized spacial score (nSPS) is 13.7. The molecule has 4 heterocycles. The fraction of sp³-hybridized carbons (Fsp3) is 0.368. The molecule has 0 fully saturated rings. The number of rotatable bonds is 39. The molecule has 29 N–H and O–H groups in total. The summed E-state index contributed by atoms with van der Waals surface area (Å²) in [5.74, 6) is -7.32. The molecule has 4 aromatic heterocycles. The van der Waals surface area contributed by atoms with Crippen LogP contribution in [-0.2, 0) is 64.0 Å². The molecule has 0 saturated heterocycles. The fourth-order valence-corrected chi connectivity index (χ4v) is 11.9. The van der Waals surface area contributed by atoms with E-state index in [2.05, 4.69) is 73.1 Å². The number of benzene rings is 4. The molecule has 8 aromatic rings. The maximum Gasteiger partial charge on any atom is 0.243 e. The summed E-state index contributed by atoms with van der Waals surface area (Å²) in [7, 11) is 0. The highest BCUT2D eigenvalue weighted by molar-refractivity contribution is 5.99. The standard InChI is InChI=1S/C68H91N23O8/c69-26-10-9-22-52(61(95)87-54(25-13-29-80-68(76)77)62(96)86-53(24-12-28-79-67(74)75)60(94)85-51(58(71)92)23-11-27-78-66(72)73)88-63(97)56(32-40-36-83-49-20-7-3-16-44(40)49)90-65(99)57(33-41-37-84-50-21-8-4-17-45(41)50)91-64(98)55(31-39-35-82-48-19-6-2-15-43(39)48)89-59(93)46(70)30-38-34-81-47-18-5-1-14-42(38)47/h1-8,14-21,34-37,46,51-57,81-84H,9-13,22-33,69-70H2,(H2,71,92)(H,85,94)(H,86,96)(H,87,95)(H,88,97)(H,89,93)(H,90,99)(H,91,98)(H4,72,73,78)(H4,74,75,79)(H4,76,77,80)/t46-,51-,52-,53-,54-,55-,56-,57-/m0/s1. The first-order valence-electron chi connectivity index (χ1n) is 33.0. The van der Waals surface area contributed by atoms with Crippen LogP contribution in [0.2, 0.25) is 0 Å². The minimum absolute atomic E-state index is 0.0123. The van der Waals surface area contributed by atoms with Gasteiger partial charge in [-0.1, -0.05) is 72.8 Å². The van der Waals surface area contributed by atoms with Gasteiger partial charge in [0.25, 0.3) is 0 Å². The first-order valence-corrected chi connectivity index (χ1v) is 33.0. The van der Waals surface area contributed by atoms with Crippen molar-refractivity contribution in [2.24, 2.45) is 34.4 Å². The highest BCUT2D eigenvalue weighted by Crippen LogP contribution is 2.24. The second-order valence-electron chi connectivity index (χ2n) is 24.4. The number of amides is 8. The Balaban J connectivity index is 1.09. The van der Waals surface area contributed by atoms with Gasteiger partial charge in [0.2, 0.25) is 47.3 Å². The average Bonchev–Trinajstić information content (AvgIpc) is 1.75. The number of hydrogen-bond donors (Lipinski definition) is 23. The molecule has 0 saturated carbocycles. The second-order valence-corrected chi connectivity index (χ2v) is 24.4. The molecule has 0 bridgehead atoms. The Hall–Kier alpha value is -11.5. The molecule has 8 amide bonds. The quantitative estimate of drug-likeness (QED) is 0.0137. The molecule has 31 nitrogen and oxygen atoms in total. The Labute approximate surface area is 570 Å². The molecule has 31 heteroatoms. The largest absolute Gasteiger partial charge is 0.370 e. The number of H-pyrrole nitrogens is 4. The van der Waals surface area contributed by atoms with Crippen molar-refractivity contribution >= 4 is 109 Å². The highest BCUT2D eigenvalue weighted by Gasteiger charge is 2.36. The number of hydrogen-bond acceptors (Lipinski definition) is 13. The lowest BCUT2D eigenvalue weighted by Gasteiger charge is -2.28. The zero-order chi connectivity index (χ0) is 71.0. The van der Waals surface area contributed by atoms with Crippen molar-refractivity contribution in [3.63, 3.8) is 0 Å². The van der Waals surface area contributed by atoms with E-state index in [-0.39, 0.29) is 115 Å². The maximum absolute atomic E-state index is 15.5. The van der Waals surface area contributed by atoms with Gasteiger partial charge in [-0.05, 0) is 117 Å². The zero-order valence-electron chi connectivity index (χ0n) is 54.9. The first-order chi connectivity index (χ1) is 47.6. The Morgan fingerprint density at radius 2 is 0.606 bits per heavy atom. The first kappa shape index (κ1) is 73.3. The molecule has 0 aliphatic heterocycles. The van der Waals surface area contributed by atoms with Gasteiger partial charge in [0.15, 0.2) is 17.9 Å². The molecule has 8 rings (SSSR count).